The van der Waals surface area contributed by atoms with Gasteiger partial charge < -0.3 is 16.0 Å². The molecule has 1 aromatic rings. The smallest absolute Gasteiger partial charge is 0.318 e. The van der Waals surface area contributed by atoms with Gasteiger partial charge in [0.2, 0.25) is 0 Å². The standard InChI is InChI=1S/C24H40N6O2/c1-6-12-29(13-7-2)23(32)27-17-26-15-19-8-10-20(11-9-19)16-30-21(31)24(5,14-18(3)4)28-22(30)25/h8-11,18,26H,6-7,12-17H2,1-5H3,(H2,25,28)(H,27,32). The molecule has 0 fully saturated rings. The van der Waals surface area contributed by atoms with Gasteiger partial charge in [-0.3, -0.25) is 15.0 Å². The van der Waals surface area contributed by atoms with Crippen LogP contribution < -0.4 is 16.4 Å². The molecular formula is C24H40N6O2. The molecule has 3 amide bonds. The number of urea groups is 1. The van der Waals surface area contributed by atoms with Crippen molar-refractivity contribution in [2.45, 2.75) is 72.5 Å². The van der Waals surface area contributed by atoms with Crippen molar-refractivity contribution < 1.29 is 9.59 Å². The summed E-state index contributed by atoms with van der Waals surface area (Å²) in [6, 6.07) is 8.00. The predicted octanol–water partition coefficient (Wildman–Crippen LogP) is 3.03. The Morgan fingerprint density at radius 2 is 1.75 bits per heavy atom. The fraction of sp³-hybridized carbons (Fsp3) is 0.625. The number of rotatable bonds is 12. The van der Waals surface area contributed by atoms with Crippen LogP contribution in [0.5, 0.6) is 0 Å². The van der Waals surface area contributed by atoms with Crippen molar-refractivity contribution in [3.63, 3.8) is 0 Å². The number of carbonyl (C=O) groups is 2. The van der Waals surface area contributed by atoms with E-state index in [2.05, 4.69) is 43.3 Å². The topological polar surface area (TPSA) is 103 Å². The molecular weight excluding hydrogens is 404 g/mol. The average molecular weight is 445 g/mol. The number of nitrogens with zero attached hydrogens (tertiary/aromatic N) is 3. The second kappa shape index (κ2) is 11.9. The summed E-state index contributed by atoms with van der Waals surface area (Å²) in [5.41, 5.74) is 7.40. The lowest BCUT2D eigenvalue weighted by Gasteiger charge is -2.23. The van der Waals surface area contributed by atoms with E-state index in [9.17, 15) is 9.59 Å². The number of hydrogen-bond donors (Lipinski definition) is 3. The van der Waals surface area contributed by atoms with E-state index in [1.807, 2.05) is 36.1 Å². The van der Waals surface area contributed by atoms with Crippen LogP contribution in [0, 0.1) is 5.92 Å². The highest BCUT2D eigenvalue weighted by atomic mass is 16.2. The van der Waals surface area contributed by atoms with Gasteiger partial charge in [-0.2, -0.15) is 0 Å². The van der Waals surface area contributed by atoms with E-state index in [4.69, 9.17) is 5.73 Å². The summed E-state index contributed by atoms with van der Waals surface area (Å²) >= 11 is 0. The Morgan fingerprint density at radius 3 is 2.31 bits per heavy atom. The molecule has 0 saturated carbocycles. The molecule has 32 heavy (non-hydrogen) atoms. The third-order valence-corrected chi connectivity index (χ3v) is 5.48. The highest BCUT2D eigenvalue weighted by Gasteiger charge is 2.43. The van der Waals surface area contributed by atoms with Crippen molar-refractivity contribution in [1.29, 1.82) is 0 Å². The molecule has 1 heterocycles. The van der Waals surface area contributed by atoms with Crippen molar-refractivity contribution in [3.05, 3.63) is 35.4 Å². The zero-order valence-corrected chi connectivity index (χ0v) is 20.3. The van der Waals surface area contributed by atoms with Crippen LogP contribution in [0.2, 0.25) is 0 Å². The number of guanidine groups is 1. The van der Waals surface area contributed by atoms with Crippen LogP contribution in [0.1, 0.15) is 65.0 Å². The van der Waals surface area contributed by atoms with Gasteiger partial charge in [0, 0.05) is 19.6 Å². The summed E-state index contributed by atoms with van der Waals surface area (Å²) in [7, 11) is 0. The molecule has 178 valence electrons. The van der Waals surface area contributed by atoms with Gasteiger partial charge in [-0.05, 0) is 43.2 Å². The van der Waals surface area contributed by atoms with Crippen LogP contribution in [0.15, 0.2) is 29.3 Å². The first kappa shape index (κ1) is 25.6. The normalized spacial score (nSPS) is 18.2. The highest BCUT2D eigenvalue weighted by Crippen LogP contribution is 2.29. The SMILES string of the molecule is CCCN(CCC)C(=O)NCNCc1ccc(CN2C(=O)C(C)(CC(C)C)N=C2N)cc1. The summed E-state index contributed by atoms with van der Waals surface area (Å²) in [4.78, 5) is 33.0. The molecule has 8 nitrogen and oxygen atoms in total. The second-order valence-electron chi connectivity index (χ2n) is 9.12. The maximum absolute atomic E-state index is 12.9. The fourth-order valence-electron chi connectivity index (χ4n) is 4.09. The van der Waals surface area contributed by atoms with Gasteiger partial charge in [-0.15, -0.1) is 0 Å². The lowest BCUT2D eigenvalue weighted by atomic mass is 9.91. The largest absolute Gasteiger partial charge is 0.369 e. The second-order valence-corrected chi connectivity index (χ2v) is 9.12. The maximum atomic E-state index is 12.9. The van der Waals surface area contributed by atoms with Crippen LogP contribution in [-0.2, 0) is 17.9 Å². The molecule has 1 atom stereocenters. The summed E-state index contributed by atoms with van der Waals surface area (Å²) in [6.45, 7) is 13.2. The van der Waals surface area contributed by atoms with Gasteiger partial charge in [0.1, 0.15) is 5.54 Å². The average Bonchev–Trinajstić information content (AvgIpc) is 2.94. The monoisotopic (exact) mass is 444 g/mol. The molecule has 0 aliphatic carbocycles. The predicted molar refractivity (Wildman–Crippen MR) is 129 cm³/mol. The van der Waals surface area contributed by atoms with Crippen LogP contribution in [0.4, 0.5) is 4.79 Å². The number of nitrogens with two attached hydrogens (primary N) is 1. The Bertz CT molecular complexity index is 786. The quantitative estimate of drug-likeness (QED) is 0.340. The number of aliphatic imine (C=N–C) groups is 1. The fourth-order valence-corrected chi connectivity index (χ4v) is 4.09. The lowest BCUT2D eigenvalue weighted by molar-refractivity contribution is -0.131. The Kier molecular flexibility index (Phi) is 9.50. The van der Waals surface area contributed by atoms with Crippen molar-refractivity contribution >= 4 is 17.9 Å². The number of amides is 3. The van der Waals surface area contributed by atoms with Crippen LogP contribution in [-0.4, -0.2) is 53.0 Å². The van der Waals surface area contributed by atoms with E-state index in [1.165, 1.54) is 0 Å². The Hall–Kier alpha value is -2.61. The van der Waals surface area contributed by atoms with Crippen molar-refractivity contribution in [1.82, 2.24) is 20.4 Å². The minimum Gasteiger partial charge on any atom is -0.369 e. The first-order valence-corrected chi connectivity index (χ1v) is 11.7. The third-order valence-electron chi connectivity index (χ3n) is 5.48. The van der Waals surface area contributed by atoms with Crippen LogP contribution >= 0.6 is 0 Å². The number of carbonyl (C=O) groups excluding carboxylic acids is 2. The molecule has 0 aromatic heterocycles. The zero-order valence-electron chi connectivity index (χ0n) is 20.3. The van der Waals surface area contributed by atoms with E-state index in [1.54, 1.807) is 4.90 Å². The van der Waals surface area contributed by atoms with E-state index in [0.29, 0.717) is 38.1 Å². The molecule has 0 saturated heterocycles. The van der Waals surface area contributed by atoms with E-state index < -0.39 is 5.54 Å². The Labute approximate surface area is 192 Å². The van der Waals surface area contributed by atoms with E-state index >= 15 is 0 Å². The van der Waals surface area contributed by atoms with Crippen molar-refractivity contribution in [2.75, 3.05) is 19.8 Å². The third kappa shape index (κ3) is 6.95. The summed E-state index contributed by atoms with van der Waals surface area (Å²) in [5.74, 6) is 0.614. The summed E-state index contributed by atoms with van der Waals surface area (Å²) in [5, 5.41) is 6.16. The Balaban J connectivity index is 1.82. The number of benzene rings is 1. The molecule has 0 radical (unpaired) electrons. The molecule has 1 aliphatic rings. The summed E-state index contributed by atoms with van der Waals surface area (Å²) in [6.07, 6.45) is 2.58. The lowest BCUT2D eigenvalue weighted by Crippen LogP contribution is -2.44. The highest BCUT2D eigenvalue weighted by molar-refractivity contribution is 6.06. The molecule has 2 rings (SSSR count). The van der Waals surface area contributed by atoms with Crippen molar-refractivity contribution in [2.24, 2.45) is 16.6 Å². The molecule has 0 bridgehead atoms. The van der Waals surface area contributed by atoms with Gasteiger partial charge in [-0.1, -0.05) is 52.0 Å². The minimum absolute atomic E-state index is 0.0319. The summed E-state index contributed by atoms with van der Waals surface area (Å²) < 4.78 is 0. The van der Waals surface area contributed by atoms with E-state index in [0.717, 1.165) is 37.1 Å². The maximum Gasteiger partial charge on any atom is 0.318 e. The molecule has 1 aliphatic heterocycles. The molecule has 1 unspecified atom stereocenters. The van der Waals surface area contributed by atoms with Gasteiger partial charge in [-0.25, -0.2) is 9.79 Å². The molecule has 8 heteroatoms. The molecule has 0 spiro atoms. The molecule has 1 aromatic carbocycles. The molecule has 4 N–H and O–H groups in total. The van der Waals surface area contributed by atoms with Crippen LogP contribution in [0.25, 0.3) is 0 Å². The van der Waals surface area contributed by atoms with Gasteiger partial charge in [0.05, 0.1) is 13.2 Å². The Morgan fingerprint density at radius 1 is 1.16 bits per heavy atom. The van der Waals surface area contributed by atoms with Crippen LogP contribution in [0.3, 0.4) is 0 Å². The number of hydrogen-bond acceptors (Lipinski definition) is 5. The zero-order chi connectivity index (χ0) is 23.7. The van der Waals surface area contributed by atoms with Gasteiger partial charge >= 0.3 is 6.03 Å². The minimum atomic E-state index is -0.767. The first-order chi connectivity index (χ1) is 15.2. The van der Waals surface area contributed by atoms with Gasteiger partial charge in [0.25, 0.3) is 5.91 Å². The van der Waals surface area contributed by atoms with E-state index in [-0.39, 0.29) is 11.9 Å². The van der Waals surface area contributed by atoms with Crippen molar-refractivity contribution in [3.8, 4) is 0 Å². The number of nitrogens with one attached hydrogen (secondary N) is 2. The van der Waals surface area contributed by atoms with Gasteiger partial charge in [0.15, 0.2) is 5.96 Å². The first-order valence-electron chi connectivity index (χ1n) is 11.7.